The molecule has 2 aliphatic rings. The first kappa shape index (κ1) is 18.8. The topological polar surface area (TPSA) is 65.1 Å². The van der Waals surface area contributed by atoms with Gasteiger partial charge in [0, 0.05) is 5.70 Å². The van der Waals surface area contributed by atoms with Crippen LogP contribution in [0, 0.1) is 0 Å². The summed E-state index contributed by atoms with van der Waals surface area (Å²) < 4.78 is 15.7. The number of allylic oxidation sites excluding steroid dienone is 1. The lowest BCUT2D eigenvalue weighted by Crippen LogP contribution is -2.28. The van der Waals surface area contributed by atoms with Crippen LogP contribution in [0.25, 0.3) is 6.08 Å². The minimum atomic E-state index is -0.536. The summed E-state index contributed by atoms with van der Waals surface area (Å²) in [5.41, 5.74) is 2.87. The van der Waals surface area contributed by atoms with Gasteiger partial charge in [-0.1, -0.05) is 36.4 Å². The molecule has 2 aliphatic heterocycles. The Morgan fingerprint density at radius 1 is 1.14 bits per heavy atom. The summed E-state index contributed by atoms with van der Waals surface area (Å²) in [4.78, 5) is 27.5. The molecule has 0 bridgehead atoms. The van der Waals surface area contributed by atoms with Crippen LogP contribution in [-0.4, -0.2) is 30.7 Å². The molecule has 0 fully saturated rings. The molecule has 0 saturated heterocycles. The van der Waals surface area contributed by atoms with Gasteiger partial charge in [0.2, 0.25) is 6.79 Å². The van der Waals surface area contributed by atoms with Crippen molar-refractivity contribution in [2.45, 2.75) is 19.9 Å². The van der Waals surface area contributed by atoms with Crippen LogP contribution in [0.5, 0.6) is 11.5 Å². The van der Waals surface area contributed by atoms with Gasteiger partial charge < -0.3 is 19.1 Å². The van der Waals surface area contributed by atoms with Gasteiger partial charge in [-0.25, -0.2) is 4.79 Å². The Bertz CT molecular complexity index is 1040. The Morgan fingerprint density at radius 3 is 2.59 bits per heavy atom. The number of carbonyl (C=O) groups is 2. The Kier molecular flexibility index (Phi) is 4.84. The van der Waals surface area contributed by atoms with Crippen LogP contribution in [0.3, 0.4) is 0 Å². The number of nitrogens with zero attached hydrogens (tertiary/aromatic N) is 1. The SMILES string of the molecule is COC(=O)C1=C(C)N(C(C)c2ccccc2)C(=O)C1=Cc1ccc2c(c1)OCO2. The molecule has 29 heavy (non-hydrogen) atoms. The van der Waals surface area contributed by atoms with Crippen molar-refractivity contribution in [1.29, 1.82) is 0 Å². The van der Waals surface area contributed by atoms with Crippen molar-refractivity contribution in [2.75, 3.05) is 13.9 Å². The van der Waals surface area contributed by atoms with E-state index < -0.39 is 5.97 Å². The quantitative estimate of drug-likeness (QED) is 0.585. The molecular formula is C23H21NO5. The van der Waals surface area contributed by atoms with Crippen molar-refractivity contribution in [1.82, 2.24) is 4.90 Å². The Morgan fingerprint density at radius 2 is 1.86 bits per heavy atom. The first-order valence-corrected chi connectivity index (χ1v) is 9.30. The van der Waals surface area contributed by atoms with Crippen molar-refractivity contribution < 1.29 is 23.8 Å². The molecule has 2 heterocycles. The summed E-state index contributed by atoms with van der Waals surface area (Å²) in [5.74, 6) is 0.492. The second-order valence-corrected chi connectivity index (χ2v) is 6.88. The van der Waals surface area contributed by atoms with E-state index in [1.165, 1.54) is 7.11 Å². The summed E-state index contributed by atoms with van der Waals surface area (Å²) >= 11 is 0. The first-order valence-electron chi connectivity index (χ1n) is 9.30. The van der Waals surface area contributed by atoms with E-state index in [0.29, 0.717) is 22.8 Å². The molecular weight excluding hydrogens is 370 g/mol. The maximum absolute atomic E-state index is 13.4. The number of ether oxygens (including phenoxy) is 3. The van der Waals surface area contributed by atoms with Crippen molar-refractivity contribution >= 4 is 18.0 Å². The molecule has 6 nitrogen and oxygen atoms in total. The second kappa shape index (κ2) is 7.47. The number of rotatable bonds is 4. The van der Waals surface area contributed by atoms with Gasteiger partial charge in [0.25, 0.3) is 5.91 Å². The van der Waals surface area contributed by atoms with Gasteiger partial charge in [-0.2, -0.15) is 0 Å². The number of methoxy groups -OCH3 is 1. The van der Waals surface area contributed by atoms with E-state index in [2.05, 4.69) is 0 Å². The molecule has 0 aliphatic carbocycles. The van der Waals surface area contributed by atoms with Gasteiger partial charge in [-0.3, -0.25) is 4.79 Å². The molecule has 0 aromatic heterocycles. The Balaban J connectivity index is 1.77. The van der Waals surface area contributed by atoms with Crippen LogP contribution >= 0.6 is 0 Å². The third-order valence-corrected chi connectivity index (χ3v) is 5.21. The maximum Gasteiger partial charge on any atom is 0.340 e. The largest absolute Gasteiger partial charge is 0.465 e. The Labute approximate surface area is 169 Å². The van der Waals surface area contributed by atoms with Crippen molar-refractivity contribution in [3.05, 3.63) is 76.5 Å². The minimum absolute atomic E-state index is 0.170. The molecule has 6 heteroatoms. The number of amides is 1. The summed E-state index contributed by atoms with van der Waals surface area (Å²) in [6, 6.07) is 14.9. The summed E-state index contributed by atoms with van der Waals surface area (Å²) in [7, 11) is 1.31. The second-order valence-electron chi connectivity index (χ2n) is 6.88. The monoisotopic (exact) mass is 391 g/mol. The van der Waals surface area contributed by atoms with Gasteiger partial charge in [0.15, 0.2) is 11.5 Å². The predicted molar refractivity (Wildman–Crippen MR) is 107 cm³/mol. The highest BCUT2D eigenvalue weighted by Gasteiger charge is 2.39. The average Bonchev–Trinajstić information content (AvgIpc) is 3.30. The smallest absolute Gasteiger partial charge is 0.340 e. The fourth-order valence-corrected chi connectivity index (χ4v) is 3.71. The molecule has 1 unspecified atom stereocenters. The highest BCUT2D eigenvalue weighted by Crippen LogP contribution is 2.39. The van der Waals surface area contributed by atoms with Gasteiger partial charge in [0.1, 0.15) is 0 Å². The molecule has 0 saturated carbocycles. The number of carbonyl (C=O) groups excluding carboxylic acids is 2. The van der Waals surface area contributed by atoms with Gasteiger partial charge in [-0.15, -0.1) is 0 Å². The van der Waals surface area contributed by atoms with Crippen LogP contribution < -0.4 is 9.47 Å². The van der Waals surface area contributed by atoms with Crippen molar-refractivity contribution in [2.24, 2.45) is 0 Å². The van der Waals surface area contributed by atoms with Crippen LogP contribution in [0.2, 0.25) is 0 Å². The van der Waals surface area contributed by atoms with E-state index in [1.54, 1.807) is 30.0 Å². The van der Waals surface area contributed by atoms with Gasteiger partial charge in [-0.05, 0) is 43.2 Å². The summed E-state index contributed by atoms with van der Waals surface area (Å²) in [5, 5.41) is 0. The van der Waals surface area contributed by atoms with Crippen LogP contribution in [0.15, 0.2) is 65.4 Å². The number of esters is 1. The first-order chi connectivity index (χ1) is 14.0. The zero-order chi connectivity index (χ0) is 20.5. The highest BCUT2D eigenvalue weighted by molar-refractivity contribution is 6.16. The zero-order valence-corrected chi connectivity index (χ0v) is 16.5. The van der Waals surface area contributed by atoms with E-state index in [9.17, 15) is 9.59 Å². The standard InChI is InChI=1S/C23H21NO5/c1-14(17-7-5-4-6-8-17)24-15(2)21(23(26)27-3)18(22(24)25)11-16-9-10-19-20(12-16)29-13-28-19/h4-12,14H,13H2,1-3H3. The fraction of sp³-hybridized carbons (Fsp3) is 0.217. The van der Waals surface area contributed by atoms with Gasteiger partial charge in [0.05, 0.1) is 24.3 Å². The zero-order valence-electron chi connectivity index (χ0n) is 16.5. The number of benzene rings is 2. The molecule has 1 amide bonds. The number of hydrogen-bond donors (Lipinski definition) is 0. The van der Waals surface area contributed by atoms with Crippen molar-refractivity contribution in [3.63, 3.8) is 0 Å². The van der Waals surface area contributed by atoms with Gasteiger partial charge >= 0.3 is 5.97 Å². The third kappa shape index (κ3) is 3.27. The van der Waals surface area contributed by atoms with E-state index in [-0.39, 0.29) is 24.3 Å². The highest BCUT2D eigenvalue weighted by atomic mass is 16.7. The van der Waals surface area contributed by atoms with E-state index in [1.807, 2.05) is 43.3 Å². The van der Waals surface area contributed by atoms with Crippen LogP contribution in [-0.2, 0) is 14.3 Å². The van der Waals surface area contributed by atoms with Crippen molar-refractivity contribution in [3.8, 4) is 11.5 Å². The molecule has 2 aromatic rings. The van der Waals surface area contributed by atoms with E-state index >= 15 is 0 Å². The Hall–Kier alpha value is -3.54. The lowest BCUT2D eigenvalue weighted by atomic mass is 10.0. The summed E-state index contributed by atoms with van der Waals surface area (Å²) in [6.07, 6.45) is 1.69. The van der Waals surface area contributed by atoms with Crippen LogP contribution in [0.4, 0.5) is 0 Å². The predicted octanol–water partition coefficient (Wildman–Crippen LogP) is 3.85. The average molecular weight is 391 g/mol. The third-order valence-electron chi connectivity index (χ3n) is 5.21. The fourth-order valence-electron chi connectivity index (χ4n) is 3.71. The van der Waals surface area contributed by atoms with Crippen LogP contribution in [0.1, 0.15) is 31.0 Å². The normalized spacial score (nSPS) is 17.8. The molecule has 1 atom stereocenters. The molecule has 148 valence electrons. The molecule has 4 rings (SSSR count). The number of hydrogen-bond acceptors (Lipinski definition) is 5. The minimum Gasteiger partial charge on any atom is -0.465 e. The molecule has 0 spiro atoms. The molecule has 0 radical (unpaired) electrons. The van der Waals surface area contributed by atoms with E-state index in [0.717, 1.165) is 11.1 Å². The molecule has 2 aromatic carbocycles. The summed E-state index contributed by atoms with van der Waals surface area (Å²) in [6.45, 7) is 3.88. The lowest BCUT2D eigenvalue weighted by molar-refractivity contribution is -0.136. The lowest BCUT2D eigenvalue weighted by Gasteiger charge is -2.26. The maximum atomic E-state index is 13.4. The number of fused-ring (bicyclic) bond motifs is 1. The van der Waals surface area contributed by atoms with E-state index in [4.69, 9.17) is 14.2 Å². The molecule has 0 N–H and O–H groups in total.